The van der Waals surface area contributed by atoms with Gasteiger partial charge in [-0.2, -0.15) is 0 Å². The fraction of sp³-hybridized carbons (Fsp3) is 0.389. The van der Waals surface area contributed by atoms with Crippen molar-refractivity contribution in [2.45, 2.75) is 31.0 Å². The molecule has 1 unspecified atom stereocenters. The second kappa shape index (κ2) is 7.51. The van der Waals surface area contributed by atoms with Gasteiger partial charge in [-0.15, -0.1) is 0 Å². The van der Waals surface area contributed by atoms with Gasteiger partial charge in [0.1, 0.15) is 0 Å². The van der Waals surface area contributed by atoms with E-state index in [0.29, 0.717) is 18.8 Å². The second-order valence-electron chi connectivity index (χ2n) is 6.12. The number of carbonyl (C=O) groups is 1. The van der Waals surface area contributed by atoms with E-state index in [0.717, 1.165) is 10.4 Å². The monoisotopic (exact) mass is 363 g/mol. The van der Waals surface area contributed by atoms with Gasteiger partial charge in [-0.25, -0.2) is 12.4 Å². The fourth-order valence-corrected chi connectivity index (χ4v) is 3.96. The summed E-state index contributed by atoms with van der Waals surface area (Å²) in [5, 5.41) is 0. The molecule has 0 aliphatic carbocycles. The second-order valence-corrected chi connectivity index (χ2v) is 7.96. The number of carbonyl (C=O) groups excluding carboxylic acids is 1. The molecule has 2 heterocycles. The Morgan fingerprint density at radius 2 is 1.88 bits per heavy atom. The van der Waals surface area contributed by atoms with E-state index in [1.54, 1.807) is 18.2 Å². The van der Waals surface area contributed by atoms with E-state index < -0.39 is 10.0 Å². The van der Waals surface area contributed by atoms with Crippen molar-refractivity contribution in [3.05, 3.63) is 54.4 Å². The van der Waals surface area contributed by atoms with Crippen LogP contribution in [0.25, 0.3) is 0 Å². The Morgan fingerprint density at radius 1 is 1.20 bits per heavy atom. The van der Waals surface area contributed by atoms with Crippen LogP contribution in [-0.4, -0.2) is 37.7 Å². The van der Waals surface area contributed by atoms with Gasteiger partial charge in [0.2, 0.25) is 0 Å². The molecular formula is C18H21NO5S. The van der Waals surface area contributed by atoms with Crippen molar-refractivity contribution in [1.82, 2.24) is 3.97 Å². The molecule has 7 heteroatoms. The molecule has 25 heavy (non-hydrogen) atoms. The Hall–Kier alpha value is -1.96. The van der Waals surface area contributed by atoms with E-state index in [1.807, 2.05) is 6.92 Å². The van der Waals surface area contributed by atoms with Crippen molar-refractivity contribution >= 4 is 15.8 Å². The maximum Gasteiger partial charge on any atom is 0.267 e. The lowest BCUT2D eigenvalue weighted by molar-refractivity contribution is -0.201. The molecule has 1 fully saturated rings. The summed E-state index contributed by atoms with van der Waals surface area (Å²) < 4.78 is 37.2. The molecule has 1 saturated heterocycles. The number of Topliss-reactive ketones (excluding diaryl/α,β-unsaturated/α-hetero) is 1. The smallest absolute Gasteiger partial charge is 0.267 e. The van der Waals surface area contributed by atoms with Crippen LogP contribution < -0.4 is 0 Å². The average Bonchev–Trinajstić information content (AvgIpc) is 3.14. The third-order valence-electron chi connectivity index (χ3n) is 4.13. The Balaban J connectivity index is 1.71. The molecule has 0 amide bonds. The zero-order valence-corrected chi connectivity index (χ0v) is 14.8. The van der Waals surface area contributed by atoms with Gasteiger partial charge in [-0.1, -0.05) is 25.1 Å². The molecule has 134 valence electrons. The highest BCUT2D eigenvalue weighted by Gasteiger charge is 2.25. The third kappa shape index (κ3) is 4.00. The fourth-order valence-electron chi connectivity index (χ4n) is 2.75. The summed E-state index contributed by atoms with van der Waals surface area (Å²) in [7, 11) is -3.69. The lowest BCUT2D eigenvalue weighted by Gasteiger charge is -2.27. The average molecular weight is 363 g/mol. The van der Waals surface area contributed by atoms with Crippen LogP contribution in [0.5, 0.6) is 0 Å². The summed E-state index contributed by atoms with van der Waals surface area (Å²) in [5.74, 6) is -0.228. The first kappa shape index (κ1) is 17.8. The molecule has 1 aliphatic heterocycles. The number of hydrogen-bond donors (Lipinski definition) is 0. The van der Waals surface area contributed by atoms with Crippen LogP contribution in [0.2, 0.25) is 0 Å². The summed E-state index contributed by atoms with van der Waals surface area (Å²) in [6, 6.07) is 9.65. The number of ketones is 1. The van der Waals surface area contributed by atoms with Crippen LogP contribution in [0.15, 0.2) is 53.7 Å². The topological polar surface area (TPSA) is 74.6 Å². The number of hydrogen-bond acceptors (Lipinski definition) is 5. The Kier molecular flexibility index (Phi) is 5.36. The molecule has 0 saturated carbocycles. The predicted octanol–water partition coefficient (Wildman–Crippen LogP) is 2.70. The van der Waals surface area contributed by atoms with E-state index in [4.69, 9.17) is 9.47 Å². The minimum absolute atomic E-state index is 0.0955. The zero-order chi connectivity index (χ0) is 17.9. The highest BCUT2D eigenvalue weighted by molar-refractivity contribution is 7.90. The van der Waals surface area contributed by atoms with Gasteiger partial charge in [-0.05, 0) is 24.6 Å². The van der Waals surface area contributed by atoms with Crippen molar-refractivity contribution in [1.29, 1.82) is 0 Å². The van der Waals surface area contributed by atoms with Crippen molar-refractivity contribution in [2.75, 3.05) is 13.2 Å². The Labute approximate surface area is 147 Å². The standard InChI is InChI=1S/C18H21NO5S/c1-14(18-23-10-5-11-24-18)12-17(20)15-8-9-19(13-15)25(21,22)16-6-3-2-4-7-16/h2-4,6-9,13-14,18H,5,10-12H2,1H3. The van der Waals surface area contributed by atoms with Crippen LogP contribution in [0.4, 0.5) is 0 Å². The van der Waals surface area contributed by atoms with Gasteiger partial charge in [0.25, 0.3) is 10.0 Å². The number of rotatable bonds is 6. The van der Waals surface area contributed by atoms with Gasteiger partial charge < -0.3 is 9.47 Å². The summed E-state index contributed by atoms with van der Waals surface area (Å²) in [4.78, 5) is 12.6. The molecule has 0 radical (unpaired) electrons. The zero-order valence-electron chi connectivity index (χ0n) is 14.0. The predicted molar refractivity (Wildman–Crippen MR) is 91.9 cm³/mol. The Bertz CT molecular complexity index is 822. The van der Waals surface area contributed by atoms with Gasteiger partial charge in [-0.3, -0.25) is 4.79 Å². The third-order valence-corrected chi connectivity index (χ3v) is 5.78. The summed E-state index contributed by atoms with van der Waals surface area (Å²) in [6.07, 6.45) is 3.47. The first-order valence-electron chi connectivity index (χ1n) is 8.23. The van der Waals surface area contributed by atoms with Gasteiger partial charge in [0, 0.05) is 30.3 Å². The van der Waals surface area contributed by atoms with Crippen LogP contribution in [0, 0.1) is 5.92 Å². The molecular weight excluding hydrogens is 342 g/mol. The number of ether oxygens (including phenoxy) is 2. The molecule has 0 N–H and O–H groups in total. The van der Waals surface area contributed by atoms with Crippen molar-refractivity contribution in [3.63, 3.8) is 0 Å². The minimum atomic E-state index is -3.69. The summed E-state index contributed by atoms with van der Waals surface area (Å²) in [5.41, 5.74) is 0.363. The number of nitrogens with zero attached hydrogens (tertiary/aromatic N) is 1. The molecule has 1 atom stereocenters. The van der Waals surface area contributed by atoms with Crippen molar-refractivity contribution in [2.24, 2.45) is 5.92 Å². The van der Waals surface area contributed by atoms with Crippen molar-refractivity contribution in [3.8, 4) is 0 Å². The van der Waals surface area contributed by atoms with Gasteiger partial charge >= 0.3 is 0 Å². The van der Waals surface area contributed by atoms with E-state index in [2.05, 4.69) is 0 Å². The maximum atomic E-state index is 12.6. The first-order chi connectivity index (χ1) is 12.0. The lowest BCUT2D eigenvalue weighted by atomic mass is 10.0. The Morgan fingerprint density at radius 3 is 2.56 bits per heavy atom. The molecule has 6 nitrogen and oxygen atoms in total. The molecule has 1 aliphatic rings. The first-order valence-corrected chi connectivity index (χ1v) is 9.67. The molecule has 1 aromatic carbocycles. The van der Waals surface area contributed by atoms with Crippen molar-refractivity contribution < 1.29 is 22.7 Å². The molecule has 0 spiro atoms. The molecule has 3 rings (SSSR count). The van der Waals surface area contributed by atoms with Crippen LogP contribution in [-0.2, 0) is 19.5 Å². The van der Waals surface area contributed by atoms with Gasteiger partial charge in [0.15, 0.2) is 12.1 Å². The lowest BCUT2D eigenvalue weighted by Crippen LogP contribution is -2.32. The van der Waals surface area contributed by atoms with Gasteiger partial charge in [0.05, 0.1) is 18.1 Å². The largest absolute Gasteiger partial charge is 0.352 e. The molecule has 0 bridgehead atoms. The van der Waals surface area contributed by atoms with Crippen LogP contribution in [0.1, 0.15) is 30.1 Å². The number of aromatic nitrogens is 1. The quantitative estimate of drug-likeness (QED) is 0.738. The van der Waals surface area contributed by atoms with Crippen LogP contribution in [0.3, 0.4) is 0 Å². The maximum absolute atomic E-state index is 12.6. The van der Waals surface area contributed by atoms with E-state index >= 15 is 0 Å². The highest BCUT2D eigenvalue weighted by Crippen LogP contribution is 2.21. The molecule has 1 aromatic heterocycles. The molecule has 2 aromatic rings. The summed E-state index contributed by atoms with van der Waals surface area (Å²) >= 11 is 0. The normalized spacial score (nSPS) is 17.3. The SMILES string of the molecule is CC(CC(=O)c1ccn(S(=O)(=O)c2ccccc2)c1)C1OCCCO1. The van der Waals surface area contributed by atoms with Crippen LogP contribution >= 0.6 is 0 Å². The highest BCUT2D eigenvalue weighted by atomic mass is 32.2. The van der Waals surface area contributed by atoms with E-state index in [1.165, 1.54) is 30.6 Å². The number of benzene rings is 1. The van der Waals surface area contributed by atoms with E-state index in [-0.39, 0.29) is 29.3 Å². The minimum Gasteiger partial charge on any atom is -0.352 e. The van der Waals surface area contributed by atoms with E-state index in [9.17, 15) is 13.2 Å². The summed E-state index contributed by atoms with van der Waals surface area (Å²) in [6.45, 7) is 3.16.